The zero-order valence-electron chi connectivity index (χ0n) is 20.3. The fraction of sp³-hybridized carbons (Fsp3) is 0.200. The molecule has 0 spiro atoms. The number of aliphatic hydroxyl groups excluding tert-OH is 1. The SMILES string of the molecule is COc1ccc2nc(-c3ccccc3)cc(C(=O)NC3(CO)CCc4[nH]c5c(F)cccc5c4C3)c2c1. The average molecular weight is 496 g/mol. The van der Waals surface area contributed by atoms with Gasteiger partial charge in [0.15, 0.2) is 0 Å². The Kier molecular flexibility index (Phi) is 5.65. The molecular weight excluding hydrogens is 469 g/mol. The molecule has 5 aromatic rings. The number of benzene rings is 3. The van der Waals surface area contributed by atoms with Crippen molar-refractivity contribution in [3.63, 3.8) is 0 Å². The number of hydrogen-bond donors (Lipinski definition) is 3. The van der Waals surface area contributed by atoms with Crippen LogP contribution in [0.15, 0.2) is 72.8 Å². The number of aryl methyl sites for hydroxylation is 1. The molecule has 1 aliphatic carbocycles. The minimum Gasteiger partial charge on any atom is -0.497 e. The van der Waals surface area contributed by atoms with Gasteiger partial charge in [0.05, 0.1) is 41.5 Å². The maximum Gasteiger partial charge on any atom is 0.252 e. The van der Waals surface area contributed by atoms with Crippen LogP contribution >= 0.6 is 0 Å². The van der Waals surface area contributed by atoms with E-state index < -0.39 is 5.54 Å². The van der Waals surface area contributed by atoms with E-state index in [1.54, 1.807) is 25.3 Å². The van der Waals surface area contributed by atoms with Gasteiger partial charge >= 0.3 is 0 Å². The zero-order chi connectivity index (χ0) is 25.6. The Morgan fingerprint density at radius 3 is 2.73 bits per heavy atom. The number of nitrogens with one attached hydrogen (secondary N) is 2. The van der Waals surface area contributed by atoms with E-state index in [9.17, 15) is 14.3 Å². The highest BCUT2D eigenvalue weighted by molar-refractivity contribution is 6.08. The van der Waals surface area contributed by atoms with Gasteiger partial charge in [-0.1, -0.05) is 42.5 Å². The van der Waals surface area contributed by atoms with Gasteiger partial charge in [0.25, 0.3) is 5.91 Å². The minimum atomic E-state index is -0.882. The first-order valence-corrected chi connectivity index (χ1v) is 12.3. The highest BCUT2D eigenvalue weighted by Gasteiger charge is 2.38. The van der Waals surface area contributed by atoms with E-state index in [1.165, 1.54) is 6.07 Å². The van der Waals surface area contributed by atoms with E-state index in [4.69, 9.17) is 9.72 Å². The fourth-order valence-electron chi connectivity index (χ4n) is 5.36. The molecule has 37 heavy (non-hydrogen) atoms. The standard InChI is InChI=1S/C30H26FN3O3/c1-37-19-10-11-25-21(14-19)22(15-27(32-25)18-6-3-2-4-7-18)29(36)34-30(17-35)13-12-26-23(16-30)20-8-5-9-24(31)28(20)33-26/h2-11,14-15,33,35H,12-13,16-17H2,1H3,(H,34,36). The minimum absolute atomic E-state index is 0.238. The summed E-state index contributed by atoms with van der Waals surface area (Å²) in [5.74, 6) is 0.00773. The first kappa shape index (κ1) is 23.2. The summed E-state index contributed by atoms with van der Waals surface area (Å²) in [5.41, 5.74) is 4.16. The Balaban J connectivity index is 1.41. The van der Waals surface area contributed by atoms with Gasteiger partial charge in [0.1, 0.15) is 11.6 Å². The number of ether oxygens (including phenoxy) is 1. The molecule has 3 aromatic carbocycles. The summed E-state index contributed by atoms with van der Waals surface area (Å²) in [7, 11) is 1.58. The van der Waals surface area contributed by atoms with Crippen LogP contribution in [0.3, 0.4) is 0 Å². The number of aromatic amines is 1. The van der Waals surface area contributed by atoms with Crippen LogP contribution in [-0.2, 0) is 12.8 Å². The van der Waals surface area contributed by atoms with E-state index in [1.807, 2.05) is 48.5 Å². The zero-order valence-corrected chi connectivity index (χ0v) is 20.3. The van der Waals surface area contributed by atoms with Crippen molar-refractivity contribution in [2.24, 2.45) is 0 Å². The molecule has 186 valence electrons. The van der Waals surface area contributed by atoms with Gasteiger partial charge in [-0.25, -0.2) is 9.37 Å². The molecule has 1 atom stereocenters. The summed E-state index contributed by atoms with van der Waals surface area (Å²) in [6, 6.07) is 21.9. The second kappa shape index (κ2) is 9.01. The molecule has 2 aromatic heterocycles. The van der Waals surface area contributed by atoms with Gasteiger partial charge in [0, 0.05) is 28.5 Å². The molecule has 0 saturated carbocycles. The number of methoxy groups -OCH3 is 1. The van der Waals surface area contributed by atoms with Crippen LogP contribution in [0.4, 0.5) is 4.39 Å². The van der Waals surface area contributed by atoms with Gasteiger partial charge in [-0.3, -0.25) is 4.79 Å². The number of pyridine rings is 1. The second-order valence-electron chi connectivity index (χ2n) is 9.62. The van der Waals surface area contributed by atoms with E-state index >= 15 is 0 Å². The van der Waals surface area contributed by atoms with Crippen LogP contribution < -0.4 is 10.1 Å². The maximum absolute atomic E-state index is 14.4. The van der Waals surface area contributed by atoms with Crippen molar-refractivity contribution in [1.29, 1.82) is 0 Å². The summed E-state index contributed by atoms with van der Waals surface area (Å²) >= 11 is 0. The topological polar surface area (TPSA) is 87.2 Å². The maximum atomic E-state index is 14.4. The molecule has 0 radical (unpaired) electrons. The lowest BCUT2D eigenvalue weighted by Crippen LogP contribution is -2.54. The number of nitrogens with zero attached hydrogens (tertiary/aromatic N) is 1. The van der Waals surface area contributed by atoms with Gasteiger partial charge in [-0.2, -0.15) is 0 Å². The third-order valence-corrected chi connectivity index (χ3v) is 7.36. The smallest absolute Gasteiger partial charge is 0.252 e. The number of hydrogen-bond acceptors (Lipinski definition) is 4. The number of H-pyrrole nitrogens is 1. The summed E-state index contributed by atoms with van der Waals surface area (Å²) in [5, 5.41) is 15.1. The average Bonchev–Trinajstić information content (AvgIpc) is 3.31. The Labute approximate surface area is 213 Å². The molecule has 0 aliphatic heterocycles. The lowest BCUT2D eigenvalue weighted by molar-refractivity contribution is 0.0810. The van der Waals surface area contributed by atoms with Gasteiger partial charge < -0.3 is 20.1 Å². The first-order chi connectivity index (χ1) is 18.0. The lowest BCUT2D eigenvalue weighted by atomic mass is 9.80. The van der Waals surface area contributed by atoms with Gasteiger partial charge in [-0.05, 0) is 48.7 Å². The van der Waals surface area contributed by atoms with Crippen molar-refractivity contribution in [3.8, 4) is 17.0 Å². The Bertz CT molecular complexity index is 1650. The number of aromatic nitrogens is 2. The monoisotopic (exact) mass is 495 g/mol. The van der Waals surface area contributed by atoms with Crippen LogP contribution in [0.1, 0.15) is 28.0 Å². The molecule has 0 bridgehead atoms. The van der Waals surface area contributed by atoms with Crippen molar-refractivity contribution in [1.82, 2.24) is 15.3 Å². The van der Waals surface area contributed by atoms with Crippen molar-refractivity contribution in [3.05, 3.63) is 95.4 Å². The fourth-order valence-corrected chi connectivity index (χ4v) is 5.36. The predicted molar refractivity (Wildman–Crippen MR) is 141 cm³/mol. The van der Waals surface area contributed by atoms with Crippen LogP contribution in [0.25, 0.3) is 33.1 Å². The first-order valence-electron chi connectivity index (χ1n) is 12.3. The summed E-state index contributed by atoms with van der Waals surface area (Å²) in [4.78, 5) is 21.9. The van der Waals surface area contributed by atoms with Crippen molar-refractivity contribution >= 4 is 27.7 Å². The molecule has 0 fully saturated rings. The summed E-state index contributed by atoms with van der Waals surface area (Å²) in [6.45, 7) is -0.238. The number of carbonyl (C=O) groups excluding carboxylic acids is 1. The molecule has 1 unspecified atom stereocenters. The van der Waals surface area contributed by atoms with Crippen LogP contribution in [0.2, 0.25) is 0 Å². The third-order valence-electron chi connectivity index (χ3n) is 7.36. The van der Waals surface area contributed by atoms with Crippen molar-refractivity contribution in [2.45, 2.75) is 24.8 Å². The molecule has 1 aliphatic rings. The number of amides is 1. The van der Waals surface area contributed by atoms with Gasteiger partial charge in [0.2, 0.25) is 0 Å². The predicted octanol–water partition coefficient (Wildman–Crippen LogP) is 5.18. The molecular formula is C30H26FN3O3. The molecule has 6 nitrogen and oxygen atoms in total. The van der Waals surface area contributed by atoms with Gasteiger partial charge in [-0.15, -0.1) is 0 Å². The van der Waals surface area contributed by atoms with E-state index in [-0.39, 0.29) is 18.3 Å². The molecule has 3 N–H and O–H groups in total. The molecule has 7 heteroatoms. The van der Waals surface area contributed by atoms with E-state index in [0.29, 0.717) is 52.7 Å². The lowest BCUT2D eigenvalue weighted by Gasteiger charge is -2.36. The van der Waals surface area contributed by atoms with Crippen LogP contribution in [0.5, 0.6) is 5.75 Å². The Morgan fingerprint density at radius 1 is 1.11 bits per heavy atom. The number of para-hydroxylation sites is 1. The second-order valence-corrected chi connectivity index (χ2v) is 9.62. The number of fused-ring (bicyclic) bond motifs is 4. The summed E-state index contributed by atoms with van der Waals surface area (Å²) in [6.07, 6.45) is 1.50. The van der Waals surface area contributed by atoms with Crippen LogP contribution in [-0.4, -0.2) is 40.2 Å². The summed E-state index contributed by atoms with van der Waals surface area (Å²) < 4.78 is 19.8. The van der Waals surface area contributed by atoms with E-state index in [2.05, 4.69) is 10.3 Å². The highest BCUT2D eigenvalue weighted by atomic mass is 19.1. The van der Waals surface area contributed by atoms with Crippen molar-refractivity contribution < 1.29 is 19.0 Å². The number of halogens is 1. The quantitative estimate of drug-likeness (QED) is 0.314. The largest absolute Gasteiger partial charge is 0.497 e. The van der Waals surface area contributed by atoms with Crippen LogP contribution in [0, 0.1) is 5.82 Å². The number of aliphatic hydroxyl groups is 1. The number of rotatable bonds is 5. The normalized spacial score (nSPS) is 17.1. The highest BCUT2D eigenvalue weighted by Crippen LogP contribution is 2.35. The molecule has 0 saturated heterocycles. The Hall–Kier alpha value is -4.23. The molecule has 6 rings (SSSR count). The Morgan fingerprint density at radius 2 is 1.95 bits per heavy atom. The van der Waals surface area contributed by atoms with Crippen molar-refractivity contribution in [2.75, 3.05) is 13.7 Å². The molecule has 1 amide bonds. The van der Waals surface area contributed by atoms with E-state index in [0.717, 1.165) is 22.2 Å². The third kappa shape index (κ3) is 4.01. The number of carbonyl (C=O) groups is 1. The molecule has 2 heterocycles.